The summed E-state index contributed by atoms with van der Waals surface area (Å²) >= 11 is 0. The van der Waals surface area contributed by atoms with E-state index in [4.69, 9.17) is 4.74 Å². The van der Waals surface area contributed by atoms with E-state index < -0.39 is 27.6 Å². The van der Waals surface area contributed by atoms with Gasteiger partial charge < -0.3 is 9.84 Å². The number of aromatic hydroxyl groups is 1. The first-order chi connectivity index (χ1) is 10.3. The second kappa shape index (κ2) is 5.24. The Morgan fingerprint density at radius 1 is 1.36 bits per heavy atom. The normalized spacial score (nSPS) is 30.4. The van der Waals surface area contributed by atoms with Gasteiger partial charge in [-0.2, -0.15) is 8.42 Å². The van der Waals surface area contributed by atoms with Gasteiger partial charge in [0.1, 0.15) is 17.4 Å². The number of carbonyl (C=O) groups excluding carboxylic acids is 1. The molecule has 0 aromatic heterocycles. The molecule has 7 heteroatoms. The lowest BCUT2D eigenvalue weighted by Crippen LogP contribution is -2.39. The van der Waals surface area contributed by atoms with Crippen LogP contribution in [0.5, 0.6) is 5.75 Å². The number of carbonyl (C=O) groups is 1. The number of ether oxygens (including phenoxy) is 1. The quantitative estimate of drug-likeness (QED) is 0.648. The van der Waals surface area contributed by atoms with Crippen molar-refractivity contribution in [3.63, 3.8) is 0 Å². The van der Waals surface area contributed by atoms with Gasteiger partial charge in [0, 0.05) is 5.41 Å². The molecule has 2 saturated carbocycles. The van der Waals surface area contributed by atoms with Gasteiger partial charge in [0.15, 0.2) is 0 Å². The highest BCUT2D eigenvalue weighted by atomic mass is 32.2. The van der Waals surface area contributed by atoms with E-state index in [0.717, 1.165) is 6.42 Å². The third kappa shape index (κ3) is 2.83. The van der Waals surface area contributed by atoms with Crippen LogP contribution >= 0.6 is 0 Å². The number of phenols is 1. The second-order valence-electron chi connectivity index (χ2n) is 6.34. The molecule has 3 rings (SSSR count). The second-order valence-corrected chi connectivity index (χ2v) is 7.80. The minimum Gasteiger partial charge on any atom is -0.507 e. The molecule has 0 aliphatic heterocycles. The molecule has 0 radical (unpaired) electrons. The number of hydrogen-bond acceptors (Lipinski definition) is 5. The average molecular weight is 326 g/mol. The zero-order chi connectivity index (χ0) is 16.0. The van der Waals surface area contributed by atoms with Crippen LogP contribution < -0.4 is 0 Å². The fraction of sp³-hybridized carbons (Fsp3) is 0.533. The van der Waals surface area contributed by atoms with Crippen molar-refractivity contribution in [3.8, 4) is 5.75 Å². The maximum Gasteiger partial charge on any atom is 0.342 e. The highest BCUT2D eigenvalue weighted by Crippen LogP contribution is 2.56. The van der Waals surface area contributed by atoms with Gasteiger partial charge >= 0.3 is 5.97 Å². The standard InChI is InChI=1S/C15H18O6S/c16-12-4-2-1-3-11(12)14(17)21-13-7-10-5-6-15(13,8-10)9-22(18,19)20/h1-4,10,13,16H,5-9H2,(H,18,19,20). The van der Waals surface area contributed by atoms with Crippen LogP contribution in [0.25, 0.3) is 0 Å². The van der Waals surface area contributed by atoms with E-state index in [0.29, 0.717) is 25.2 Å². The molecule has 0 amide bonds. The van der Waals surface area contributed by atoms with Gasteiger partial charge in [0.05, 0.1) is 5.75 Å². The smallest absolute Gasteiger partial charge is 0.342 e. The molecular formula is C15H18O6S. The van der Waals surface area contributed by atoms with Gasteiger partial charge in [-0.25, -0.2) is 4.79 Å². The Hall–Kier alpha value is -1.60. The predicted octanol–water partition coefficient (Wildman–Crippen LogP) is 2.00. The summed E-state index contributed by atoms with van der Waals surface area (Å²) in [6.45, 7) is 0. The van der Waals surface area contributed by atoms with Crippen LogP contribution in [0.1, 0.15) is 36.0 Å². The lowest BCUT2D eigenvalue weighted by Gasteiger charge is -2.33. The molecule has 3 atom stereocenters. The number of para-hydroxylation sites is 1. The van der Waals surface area contributed by atoms with Gasteiger partial charge in [-0.1, -0.05) is 12.1 Å². The predicted molar refractivity (Wildman–Crippen MR) is 78.1 cm³/mol. The van der Waals surface area contributed by atoms with Gasteiger partial charge in [0.2, 0.25) is 0 Å². The van der Waals surface area contributed by atoms with Crippen LogP contribution in [0.2, 0.25) is 0 Å². The average Bonchev–Trinajstić information content (AvgIpc) is 2.93. The molecule has 22 heavy (non-hydrogen) atoms. The maximum absolute atomic E-state index is 12.2. The Morgan fingerprint density at radius 3 is 2.73 bits per heavy atom. The van der Waals surface area contributed by atoms with Gasteiger partial charge in [0.25, 0.3) is 10.1 Å². The molecule has 2 aliphatic rings. The van der Waals surface area contributed by atoms with Crippen molar-refractivity contribution < 1.29 is 27.6 Å². The largest absolute Gasteiger partial charge is 0.507 e. The summed E-state index contributed by atoms with van der Waals surface area (Å²) in [5, 5.41) is 9.70. The number of benzene rings is 1. The zero-order valence-electron chi connectivity index (χ0n) is 11.9. The number of esters is 1. The van der Waals surface area contributed by atoms with Gasteiger partial charge in [-0.15, -0.1) is 0 Å². The Kier molecular flexibility index (Phi) is 3.65. The molecule has 2 fully saturated rings. The number of phenolic OH excluding ortho intramolecular Hbond substituents is 1. The summed E-state index contributed by atoms with van der Waals surface area (Å²) in [5.41, 5.74) is -0.634. The topological polar surface area (TPSA) is 101 Å². The summed E-state index contributed by atoms with van der Waals surface area (Å²) in [4.78, 5) is 12.2. The molecule has 0 heterocycles. The van der Waals surface area contributed by atoms with Gasteiger partial charge in [-0.05, 0) is 43.7 Å². The van der Waals surface area contributed by atoms with Crippen LogP contribution in [-0.2, 0) is 14.9 Å². The molecular weight excluding hydrogens is 308 g/mol. The van der Waals surface area contributed by atoms with E-state index in [-0.39, 0.29) is 17.1 Å². The number of rotatable bonds is 4. The lowest BCUT2D eigenvalue weighted by molar-refractivity contribution is -0.00598. The van der Waals surface area contributed by atoms with E-state index in [1.807, 2.05) is 0 Å². The van der Waals surface area contributed by atoms with Crippen LogP contribution in [0, 0.1) is 11.3 Å². The fourth-order valence-electron chi connectivity index (χ4n) is 3.92. The van der Waals surface area contributed by atoms with Crippen molar-refractivity contribution in [2.75, 3.05) is 5.75 Å². The van der Waals surface area contributed by atoms with E-state index in [1.165, 1.54) is 12.1 Å². The molecule has 1 aromatic carbocycles. The van der Waals surface area contributed by atoms with Crippen LogP contribution in [-0.4, -0.2) is 35.9 Å². The van der Waals surface area contributed by atoms with E-state index in [9.17, 15) is 22.9 Å². The first kappa shape index (κ1) is 15.3. The number of fused-ring (bicyclic) bond motifs is 2. The first-order valence-electron chi connectivity index (χ1n) is 7.23. The zero-order valence-corrected chi connectivity index (χ0v) is 12.8. The number of hydrogen-bond donors (Lipinski definition) is 2. The van der Waals surface area contributed by atoms with Crippen LogP contribution in [0.15, 0.2) is 24.3 Å². The van der Waals surface area contributed by atoms with E-state index >= 15 is 0 Å². The molecule has 2 N–H and O–H groups in total. The minimum absolute atomic E-state index is 0.0623. The molecule has 0 saturated heterocycles. The summed E-state index contributed by atoms with van der Waals surface area (Å²) in [5.74, 6) is -0.886. The van der Waals surface area contributed by atoms with Crippen molar-refractivity contribution in [2.24, 2.45) is 11.3 Å². The SMILES string of the molecule is O=C(OC1CC2CCC1(CS(=O)(=O)O)C2)c1ccccc1O. The molecule has 2 aliphatic carbocycles. The summed E-state index contributed by atoms with van der Waals surface area (Å²) in [6.07, 6.45) is 2.22. The van der Waals surface area contributed by atoms with E-state index in [1.54, 1.807) is 12.1 Å². The molecule has 3 unspecified atom stereocenters. The molecule has 1 aromatic rings. The fourth-order valence-corrected chi connectivity index (χ4v) is 5.09. The Balaban J connectivity index is 1.80. The molecule has 0 spiro atoms. The maximum atomic E-state index is 12.2. The summed E-state index contributed by atoms with van der Waals surface area (Å²) in [6, 6.07) is 6.07. The van der Waals surface area contributed by atoms with E-state index in [2.05, 4.69) is 0 Å². The molecule has 2 bridgehead atoms. The molecule has 120 valence electrons. The third-order valence-corrected chi connectivity index (χ3v) is 5.76. The molecule has 6 nitrogen and oxygen atoms in total. The lowest BCUT2D eigenvalue weighted by atomic mass is 9.83. The van der Waals surface area contributed by atoms with Crippen molar-refractivity contribution in [3.05, 3.63) is 29.8 Å². The monoisotopic (exact) mass is 326 g/mol. The Morgan fingerprint density at radius 2 is 2.09 bits per heavy atom. The summed E-state index contributed by atoms with van der Waals surface area (Å²) < 4.78 is 37.3. The van der Waals surface area contributed by atoms with Crippen molar-refractivity contribution in [1.82, 2.24) is 0 Å². The summed E-state index contributed by atoms with van der Waals surface area (Å²) in [7, 11) is -4.13. The third-order valence-electron chi connectivity index (χ3n) is 4.82. The first-order valence-corrected chi connectivity index (χ1v) is 8.84. The van der Waals surface area contributed by atoms with Crippen molar-refractivity contribution in [2.45, 2.75) is 31.8 Å². The Labute approximate surface area is 128 Å². The van der Waals surface area contributed by atoms with Crippen molar-refractivity contribution in [1.29, 1.82) is 0 Å². The van der Waals surface area contributed by atoms with Crippen molar-refractivity contribution >= 4 is 16.1 Å². The Bertz CT molecular complexity index is 698. The highest BCUT2D eigenvalue weighted by Gasteiger charge is 2.55. The van der Waals surface area contributed by atoms with Gasteiger partial charge in [-0.3, -0.25) is 4.55 Å². The highest BCUT2D eigenvalue weighted by molar-refractivity contribution is 7.85. The van der Waals surface area contributed by atoms with Crippen LogP contribution in [0.3, 0.4) is 0 Å². The minimum atomic E-state index is -4.13. The van der Waals surface area contributed by atoms with Crippen LogP contribution in [0.4, 0.5) is 0 Å².